The molecule has 1 aromatic heterocycles. The van der Waals surface area contributed by atoms with Crippen molar-refractivity contribution in [3.05, 3.63) is 182 Å². The summed E-state index contributed by atoms with van der Waals surface area (Å²) in [5.74, 6) is 0. The summed E-state index contributed by atoms with van der Waals surface area (Å²) in [6.45, 7) is 0. The molecule has 0 saturated carbocycles. The van der Waals surface area contributed by atoms with E-state index in [-0.39, 0.29) is 64.2 Å². The van der Waals surface area contributed by atoms with Gasteiger partial charge in [0.1, 0.15) is 11.2 Å². The van der Waals surface area contributed by atoms with Gasteiger partial charge in [-0.15, -0.1) is 0 Å². The van der Waals surface area contributed by atoms with E-state index in [1.807, 2.05) is 109 Å². The molecule has 9 aromatic carbocycles. The van der Waals surface area contributed by atoms with E-state index in [4.69, 9.17) is 16.8 Å². The number of rotatable bonds is 4. The molecule has 0 N–H and O–H groups in total. The van der Waals surface area contributed by atoms with Crippen LogP contribution in [0.15, 0.2) is 186 Å². The van der Waals surface area contributed by atoms with Gasteiger partial charge in [-0.05, 0) is 89.6 Å². The Bertz CT molecular complexity index is 3360. The molecule has 10 aromatic rings. The van der Waals surface area contributed by atoms with Crippen molar-refractivity contribution in [2.24, 2.45) is 0 Å². The van der Waals surface area contributed by atoms with E-state index in [0.717, 1.165) is 38.2 Å². The molecule has 49 heavy (non-hydrogen) atoms. The lowest BCUT2D eigenvalue weighted by Crippen LogP contribution is -1.92. The zero-order chi connectivity index (χ0) is 41.0. The summed E-state index contributed by atoms with van der Waals surface area (Å²) in [6, 6.07) is 35.4. The van der Waals surface area contributed by atoms with Crippen molar-refractivity contribution in [3.63, 3.8) is 0 Å². The van der Waals surface area contributed by atoms with Crippen LogP contribution in [-0.2, 0) is 0 Å². The molecule has 1 heteroatoms. The van der Waals surface area contributed by atoms with E-state index >= 15 is 0 Å². The molecule has 1 nitrogen and oxygen atoms in total. The van der Waals surface area contributed by atoms with E-state index in [1.54, 1.807) is 12.1 Å². The maximum absolute atomic E-state index is 9.70. The smallest absolute Gasteiger partial charge is 0.143 e. The van der Waals surface area contributed by atoms with Crippen LogP contribution < -0.4 is 0 Å². The van der Waals surface area contributed by atoms with Gasteiger partial charge in [0.25, 0.3) is 0 Å². The van der Waals surface area contributed by atoms with E-state index < -0.39 is 18.1 Å². The summed E-state index contributed by atoms with van der Waals surface area (Å²) in [5.41, 5.74) is 5.67. The predicted molar refractivity (Wildman–Crippen MR) is 208 cm³/mol. The zero-order valence-corrected chi connectivity index (χ0v) is 26.0. The van der Waals surface area contributed by atoms with E-state index in [2.05, 4.69) is 0 Å². The molecule has 0 aliphatic carbocycles. The van der Waals surface area contributed by atoms with Crippen molar-refractivity contribution in [3.8, 4) is 44.5 Å². The van der Waals surface area contributed by atoms with Crippen LogP contribution in [0.3, 0.4) is 0 Å². The molecule has 1 heterocycles. The normalized spacial score (nSPS) is 14.5. The second kappa shape index (κ2) is 11.1. The number of fused-ring (bicyclic) bond motifs is 7. The Balaban J connectivity index is 1.30. The average Bonchev–Trinajstić information content (AvgIpc) is 3.65. The van der Waals surface area contributed by atoms with Crippen LogP contribution in [0.25, 0.3) is 98.8 Å². The third-order valence-corrected chi connectivity index (χ3v) is 9.35. The zero-order valence-electron chi connectivity index (χ0n) is 36.0. The van der Waals surface area contributed by atoms with Crippen molar-refractivity contribution in [1.29, 1.82) is 0 Å². The minimum Gasteiger partial charge on any atom is -0.455 e. The molecule has 0 aliphatic rings. The van der Waals surface area contributed by atoms with Gasteiger partial charge in [-0.25, -0.2) is 0 Å². The standard InChI is InChI=1S/C48H30O/c1-3-15-31(16-4-1)34-19-7-9-21-36(34)47-39-24-12-10-22-37(39)46(38-23-11-13-25-40(38)47)33-27-28-45-43(29-33)44-30-42(32-17-5-2-6-18-32)35-20-8-14-26-41(35)48(44)49-45/h1-30H/i1D,3D,4D,8D,14D,15D,16D,20D,26D,30D. The molecule has 0 bridgehead atoms. The fourth-order valence-corrected chi connectivity index (χ4v) is 7.27. The van der Waals surface area contributed by atoms with E-state index in [0.29, 0.717) is 38.6 Å². The third-order valence-electron chi connectivity index (χ3n) is 9.35. The molecule has 228 valence electrons. The predicted octanol–water partition coefficient (Wildman–Crippen LogP) is 13.7. The van der Waals surface area contributed by atoms with Gasteiger partial charge in [0.15, 0.2) is 0 Å². The molecule has 0 saturated heterocycles. The highest BCUT2D eigenvalue weighted by molar-refractivity contribution is 6.24. The van der Waals surface area contributed by atoms with Crippen LogP contribution in [0.5, 0.6) is 0 Å². The highest BCUT2D eigenvalue weighted by atomic mass is 16.3. The number of hydrogen-bond donors (Lipinski definition) is 0. The Labute approximate surface area is 298 Å². The highest BCUT2D eigenvalue weighted by Gasteiger charge is 2.20. The largest absolute Gasteiger partial charge is 0.455 e. The van der Waals surface area contributed by atoms with Gasteiger partial charge in [0.05, 0.1) is 13.7 Å². The van der Waals surface area contributed by atoms with Gasteiger partial charge in [-0.3, -0.25) is 0 Å². The summed E-state index contributed by atoms with van der Waals surface area (Å²) in [6.07, 6.45) is 0. The van der Waals surface area contributed by atoms with E-state index in [1.165, 1.54) is 0 Å². The lowest BCUT2D eigenvalue weighted by molar-refractivity contribution is 0.673. The van der Waals surface area contributed by atoms with Crippen LogP contribution in [0.2, 0.25) is 0 Å². The monoisotopic (exact) mass is 632 g/mol. The molecule has 0 amide bonds. The molecule has 0 spiro atoms. The van der Waals surface area contributed by atoms with Crippen molar-refractivity contribution in [2.45, 2.75) is 0 Å². The van der Waals surface area contributed by atoms with Crippen LogP contribution in [0.4, 0.5) is 0 Å². The molecule has 0 radical (unpaired) electrons. The lowest BCUT2D eigenvalue weighted by atomic mass is 9.83. The maximum Gasteiger partial charge on any atom is 0.143 e. The topological polar surface area (TPSA) is 13.1 Å². The molecule has 10 rings (SSSR count). The van der Waals surface area contributed by atoms with Gasteiger partial charge < -0.3 is 4.42 Å². The van der Waals surface area contributed by atoms with Crippen LogP contribution in [-0.4, -0.2) is 0 Å². The Kier molecular flexibility index (Phi) is 4.39. The number of furan rings is 1. The summed E-state index contributed by atoms with van der Waals surface area (Å²) in [7, 11) is 0. The Hall–Kier alpha value is -6.44. The summed E-state index contributed by atoms with van der Waals surface area (Å²) < 4.78 is 94.0. The van der Waals surface area contributed by atoms with Gasteiger partial charge in [-0.2, -0.15) is 0 Å². The second-order valence-corrected chi connectivity index (χ2v) is 12.0. The fourth-order valence-electron chi connectivity index (χ4n) is 7.27. The number of hydrogen-bond acceptors (Lipinski definition) is 1. The fraction of sp³-hybridized carbons (Fsp3) is 0. The lowest BCUT2D eigenvalue weighted by Gasteiger charge is -2.19. The second-order valence-electron chi connectivity index (χ2n) is 12.0. The Morgan fingerprint density at radius 3 is 1.67 bits per heavy atom. The first-order valence-electron chi connectivity index (χ1n) is 21.0. The summed E-state index contributed by atoms with van der Waals surface area (Å²) in [4.78, 5) is 0. The number of benzene rings is 9. The first-order chi connectivity index (χ1) is 28.5. The van der Waals surface area contributed by atoms with Crippen molar-refractivity contribution < 1.29 is 18.1 Å². The van der Waals surface area contributed by atoms with Gasteiger partial charge >= 0.3 is 0 Å². The van der Waals surface area contributed by atoms with Crippen molar-refractivity contribution >= 4 is 54.3 Å². The van der Waals surface area contributed by atoms with E-state index in [9.17, 15) is 1.37 Å². The molecular formula is C48H30O. The maximum atomic E-state index is 9.70. The first-order valence-corrected chi connectivity index (χ1v) is 16.0. The van der Waals surface area contributed by atoms with Crippen molar-refractivity contribution in [2.75, 3.05) is 0 Å². The summed E-state index contributed by atoms with van der Waals surface area (Å²) in [5, 5.41) is 5.08. The van der Waals surface area contributed by atoms with Crippen molar-refractivity contribution in [1.82, 2.24) is 0 Å². The summed E-state index contributed by atoms with van der Waals surface area (Å²) >= 11 is 0. The molecule has 0 aliphatic heterocycles. The van der Waals surface area contributed by atoms with Gasteiger partial charge in [0, 0.05) is 16.2 Å². The minimum absolute atomic E-state index is 0.0916. The molecule has 0 fully saturated rings. The minimum atomic E-state index is -0.449. The van der Waals surface area contributed by atoms with Gasteiger partial charge in [-0.1, -0.05) is 164 Å². The molecule has 0 atom stereocenters. The van der Waals surface area contributed by atoms with Crippen LogP contribution in [0, 0.1) is 0 Å². The average molecular weight is 633 g/mol. The third kappa shape index (κ3) is 4.33. The van der Waals surface area contributed by atoms with Crippen LogP contribution >= 0.6 is 0 Å². The quantitative estimate of drug-likeness (QED) is 0.176. The van der Waals surface area contributed by atoms with Crippen LogP contribution in [0.1, 0.15) is 13.7 Å². The highest BCUT2D eigenvalue weighted by Crippen LogP contribution is 2.47. The molecular weight excluding hydrogens is 593 g/mol. The molecule has 0 unspecified atom stereocenters. The first kappa shape index (κ1) is 19.4. The Morgan fingerprint density at radius 1 is 0.367 bits per heavy atom. The SMILES string of the molecule is [2H]c1c([2H])c([2H])c(-c2ccccc2-c2c3ccccc3c(-c3ccc4oc5c6c([2H])c([2H])c([2H])c([2H])c6c(-c6ccccc6)c([2H])c5c4c3)c3ccccc23)c([2H])c1[2H]. The van der Waals surface area contributed by atoms with Gasteiger partial charge in [0.2, 0.25) is 0 Å². The Morgan fingerprint density at radius 2 is 0.959 bits per heavy atom.